The predicted octanol–water partition coefficient (Wildman–Crippen LogP) is 7.02. The summed E-state index contributed by atoms with van der Waals surface area (Å²) in [5.41, 5.74) is 4.38. The van der Waals surface area contributed by atoms with Crippen LogP contribution in [0.1, 0.15) is 53.4 Å². The first-order valence-corrected chi connectivity index (χ1v) is 14.2. The highest BCUT2D eigenvalue weighted by atomic mass is 32.1. The molecular weight excluding hydrogens is 505 g/mol. The van der Waals surface area contributed by atoms with Crippen LogP contribution in [0, 0.1) is 26.6 Å². The van der Waals surface area contributed by atoms with Crippen molar-refractivity contribution in [3.63, 3.8) is 0 Å². The second kappa shape index (κ2) is 11.1. The number of thiazole rings is 2. The Kier molecular flexibility index (Phi) is 7.62. The molecule has 1 N–H and O–H groups in total. The second-order valence-electron chi connectivity index (χ2n) is 9.69. The van der Waals surface area contributed by atoms with Crippen LogP contribution < -0.4 is 5.32 Å². The number of hydrogen-bond acceptors (Lipinski definition) is 7. The van der Waals surface area contributed by atoms with E-state index in [1.807, 2.05) is 56.1 Å². The van der Waals surface area contributed by atoms with Crippen LogP contribution in [-0.2, 0) is 4.79 Å². The molecule has 9 heteroatoms. The van der Waals surface area contributed by atoms with Crippen molar-refractivity contribution in [3.05, 3.63) is 75.6 Å². The van der Waals surface area contributed by atoms with Crippen LogP contribution in [0.15, 0.2) is 48.0 Å². The number of fused-ring (bicyclic) bond motifs is 2. The molecule has 2 aliphatic heterocycles. The molecule has 0 spiro atoms. The molecule has 6 nitrogen and oxygen atoms in total. The number of nitrogens with zero attached hydrogens (tertiary/aromatic N) is 4. The molecule has 6 rings (SSSR count). The van der Waals surface area contributed by atoms with Crippen LogP contribution in [-0.4, -0.2) is 38.3 Å². The number of anilines is 2. The van der Waals surface area contributed by atoms with Gasteiger partial charge in [-0.15, -0.1) is 22.7 Å². The van der Waals surface area contributed by atoms with Gasteiger partial charge in [0.1, 0.15) is 11.6 Å². The summed E-state index contributed by atoms with van der Waals surface area (Å²) < 4.78 is 12.9. The molecule has 2 bridgehead atoms. The molecule has 1 amide bonds. The van der Waals surface area contributed by atoms with Gasteiger partial charge in [0.15, 0.2) is 5.13 Å². The summed E-state index contributed by atoms with van der Waals surface area (Å²) in [5, 5.41) is 7.20. The van der Waals surface area contributed by atoms with Gasteiger partial charge in [-0.25, -0.2) is 19.3 Å². The largest absolute Gasteiger partial charge is 0.339 e. The molecule has 3 aromatic heterocycles. The molecule has 2 fully saturated rings. The Balaban J connectivity index is 0.000000153. The minimum atomic E-state index is -0.179. The summed E-state index contributed by atoms with van der Waals surface area (Å²) in [6.45, 7) is 6.06. The Labute approximate surface area is 224 Å². The average Bonchev–Trinajstić information content (AvgIpc) is 3.55. The molecule has 192 valence electrons. The third kappa shape index (κ3) is 5.88. The SMILES string of the molecule is Cc1ccc(Nc2nc(-c3sc(C)nc3C)cs2)nc1.O=CN1C2CC[C@H]1CC(c1ccc(F)cc1)C2. The molecule has 5 heterocycles. The van der Waals surface area contributed by atoms with Crippen LogP contribution in [0.2, 0.25) is 0 Å². The first kappa shape index (κ1) is 25.5. The molecule has 2 unspecified atom stereocenters. The van der Waals surface area contributed by atoms with E-state index in [9.17, 15) is 9.18 Å². The van der Waals surface area contributed by atoms with Crippen LogP contribution in [0.25, 0.3) is 10.6 Å². The number of benzene rings is 1. The monoisotopic (exact) mass is 535 g/mol. The van der Waals surface area contributed by atoms with Gasteiger partial charge in [-0.2, -0.15) is 0 Å². The van der Waals surface area contributed by atoms with Gasteiger partial charge in [0.05, 0.1) is 21.3 Å². The summed E-state index contributed by atoms with van der Waals surface area (Å²) in [5.74, 6) is 1.13. The van der Waals surface area contributed by atoms with Gasteiger partial charge in [-0.05, 0) is 81.7 Å². The van der Waals surface area contributed by atoms with Crippen LogP contribution in [0.5, 0.6) is 0 Å². The standard InChI is InChI=1S/C14H16FNO.C14H14N4S2/c15-12-3-1-10(2-4-12)11-7-13-5-6-14(8-11)16(13)9-17;1-8-4-5-12(15-6-8)18-14-17-11(7-19-14)13-9(2)16-10(3)20-13/h1-4,9,11,13-14H,5-8H2;4-7H,1-3H3,(H,15,17,18)/t11?,13-,14?;/m0./s1. The van der Waals surface area contributed by atoms with Crippen LogP contribution in [0.4, 0.5) is 15.3 Å². The molecule has 4 aromatic rings. The minimum absolute atomic E-state index is 0.179. The van der Waals surface area contributed by atoms with E-state index in [1.165, 1.54) is 17.7 Å². The molecule has 0 saturated carbocycles. The number of pyridine rings is 1. The van der Waals surface area contributed by atoms with Crippen molar-refractivity contribution in [3.8, 4) is 10.6 Å². The van der Waals surface area contributed by atoms with E-state index in [0.29, 0.717) is 18.0 Å². The smallest absolute Gasteiger partial charge is 0.210 e. The van der Waals surface area contributed by atoms with Gasteiger partial charge < -0.3 is 10.2 Å². The van der Waals surface area contributed by atoms with Crippen LogP contribution >= 0.6 is 22.7 Å². The van der Waals surface area contributed by atoms with Crippen molar-refractivity contribution in [2.45, 2.75) is 64.5 Å². The maximum absolute atomic E-state index is 12.9. The quantitative estimate of drug-likeness (QED) is 0.278. The minimum Gasteiger partial charge on any atom is -0.339 e. The topological polar surface area (TPSA) is 71.0 Å². The molecule has 1 aromatic carbocycles. The predicted molar refractivity (Wildman–Crippen MR) is 148 cm³/mol. The average molecular weight is 536 g/mol. The van der Waals surface area contributed by atoms with E-state index >= 15 is 0 Å². The van der Waals surface area contributed by atoms with Gasteiger partial charge in [0.25, 0.3) is 0 Å². The third-order valence-electron chi connectivity index (χ3n) is 7.04. The van der Waals surface area contributed by atoms with E-state index in [2.05, 4.69) is 25.6 Å². The maximum atomic E-state index is 12.9. The number of carbonyl (C=O) groups excluding carboxylic acids is 1. The number of halogens is 1. The van der Waals surface area contributed by atoms with E-state index in [0.717, 1.165) is 69.9 Å². The van der Waals surface area contributed by atoms with Crippen molar-refractivity contribution in [2.75, 3.05) is 5.32 Å². The zero-order chi connectivity index (χ0) is 25.9. The second-order valence-corrected chi connectivity index (χ2v) is 11.7. The normalized spacial score (nSPS) is 20.3. The zero-order valence-electron chi connectivity index (χ0n) is 21.1. The summed E-state index contributed by atoms with van der Waals surface area (Å²) >= 11 is 3.26. The Morgan fingerprint density at radius 3 is 2.35 bits per heavy atom. The van der Waals surface area contributed by atoms with E-state index in [1.54, 1.807) is 22.7 Å². The first-order chi connectivity index (χ1) is 17.9. The number of amides is 1. The van der Waals surface area contributed by atoms with Crippen molar-refractivity contribution >= 4 is 40.0 Å². The molecule has 37 heavy (non-hydrogen) atoms. The third-order valence-corrected chi connectivity index (χ3v) is 8.89. The lowest BCUT2D eigenvalue weighted by Crippen LogP contribution is -2.41. The molecular formula is C28H30FN5OS2. The maximum Gasteiger partial charge on any atom is 0.210 e. The highest BCUT2D eigenvalue weighted by molar-refractivity contribution is 7.16. The summed E-state index contributed by atoms with van der Waals surface area (Å²) in [6.07, 6.45) is 7.15. The number of aryl methyl sites for hydroxylation is 3. The van der Waals surface area contributed by atoms with Gasteiger partial charge in [0, 0.05) is 23.7 Å². The molecule has 2 saturated heterocycles. The van der Waals surface area contributed by atoms with Gasteiger partial charge >= 0.3 is 0 Å². The Bertz CT molecular complexity index is 1340. The number of nitrogens with one attached hydrogen (secondary N) is 1. The zero-order valence-corrected chi connectivity index (χ0v) is 22.8. The lowest BCUT2D eigenvalue weighted by atomic mass is 9.85. The first-order valence-electron chi connectivity index (χ1n) is 12.5. The highest BCUT2D eigenvalue weighted by Crippen LogP contribution is 2.42. The van der Waals surface area contributed by atoms with Crippen molar-refractivity contribution < 1.29 is 9.18 Å². The number of hydrogen-bond donors (Lipinski definition) is 1. The summed E-state index contributed by atoms with van der Waals surface area (Å²) in [4.78, 5) is 27.5. The van der Waals surface area contributed by atoms with Crippen LogP contribution in [0.3, 0.4) is 0 Å². The van der Waals surface area contributed by atoms with E-state index in [-0.39, 0.29) is 5.82 Å². The lowest BCUT2D eigenvalue weighted by molar-refractivity contribution is -0.122. The van der Waals surface area contributed by atoms with Crippen molar-refractivity contribution in [1.82, 2.24) is 19.9 Å². The van der Waals surface area contributed by atoms with Crippen molar-refractivity contribution in [2.24, 2.45) is 0 Å². The fourth-order valence-corrected chi connectivity index (χ4v) is 6.91. The Morgan fingerprint density at radius 2 is 1.76 bits per heavy atom. The van der Waals surface area contributed by atoms with Gasteiger partial charge in [-0.1, -0.05) is 18.2 Å². The number of carbonyl (C=O) groups is 1. The van der Waals surface area contributed by atoms with E-state index < -0.39 is 0 Å². The summed E-state index contributed by atoms with van der Waals surface area (Å²) in [6, 6.07) is 11.6. The molecule has 2 aliphatic rings. The number of piperidine rings is 1. The summed E-state index contributed by atoms with van der Waals surface area (Å²) in [7, 11) is 0. The number of aromatic nitrogens is 3. The molecule has 0 aliphatic carbocycles. The lowest BCUT2D eigenvalue weighted by Gasteiger charge is -2.36. The molecule has 3 atom stereocenters. The Hall–Kier alpha value is -3.17. The highest BCUT2D eigenvalue weighted by Gasteiger charge is 2.40. The number of rotatable bonds is 5. The van der Waals surface area contributed by atoms with Gasteiger partial charge in [0.2, 0.25) is 6.41 Å². The molecule has 0 radical (unpaired) electrons. The Morgan fingerprint density at radius 1 is 1.03 bits per heavy atom. The fraction of sp³-hybridized carbons (Fsp3) is 0.357. The van der Waals surface area contributed by atoms with Crippen molar-refractivity contribution in [1.29, 1.82) is 0 Å². The van der Waals surface area contributed by atoms with Gasteiger partial charge in [-0.3, -0.25) is 4.79 Å². The fourth-order valence-electron chi connectivity index (χ4n) is 5.25. The van der Waals surface area contributed by atoms with E-state index in [4.69, 9.17) is 0 Å².